The average Bonchev–Trinajstić information content (AvgIpc) is 2.97. The third-order valence-electron chi connectivity index (χ3n) is 3.62. The third kappa shape index (κ3) is 3.31. The Morgan fingerprint density at radius 2 is 2.35 bits per heavy atom. The van der Waals surface area contributed by atoms with E-state index in [1.54, 1.807) is 22.1 Å². The van der Waals surface area contributed by atoms with E-state index in [1.165, 1.54) is 0 Å². The molecule has 1 aliphatic rings. The van der Waals surface area contributed by atoms with Crippen LogP contribution in [0.15, 0.2) is 22.8 Å². The van der Waals surface area contributed by atoms with Crippen molar-refractivity contribution in [1.82, 2.24) is 9.80 Å². The number of hydrogen-bond acceptors (Lipinski definition) is 3. The Kier molecular flexibility index (Phi) is 4.65. The Morgan fingerprint density at radius 3 is 2.95 bits per heavy atom. The highest BCUT2D eigenvalue weighted by Gasteiger charge is 2.30. The van der Waals surface area contributed by atoms with Crippen molar-refractivity contribution in [2.24, 2.45) is 5.92 Å². The van der Waals surface area contributed by atoms with Crippen molar-refractivity contribution in [3.8, 4) is 0 Å². The van der Waals surface area contributed by atoms with Crippen LogP contribution in [-0.2, 0) is 11.3 Å². The maximum absolute atomic E-state index is 12.4. The molecule has 0 aliphatic carbocycles. The van der Waals surface area contributed by atoms with Crippen LogP contribution in [0.2, 0.25) is 0 Å². The summed E-state index contributed by atoms with van der Waals surface area (Å²) >= 11 is 0. The van der Waals surface area contributed by atoms with E-state index >= 15 is 0 Å². The van der Waals surface area contributed by atoms with Crippen molar-refractivity contribution in [3.05, 3.63) is 24.2 Å². The molecule has 1 saturated heterocycles. The van der Waals surface area contributed by atoms with Gasteiger partial charge in [-0.25, -0.2) is 4.79 Å². The lowest BCUT2D eigenvalue weighted by molar-refractivity contribution is -0.143. The fourth-order valence-corrected chi connectivity index (χ4v) is 2.46. The van der Waals surface area contributed by atoms with Crippen molar-refractivity contribution < 1.29 is 19.1 Å². The Morgan fingerprint density at radius 1 is 1.55 bits per heavy atom. The normalized spacial score (nSPS) is 18.9. The molecule has 1 aliphatic heterocycles. The van der Waals surface area contributed by atoms with Gasteiger partial charge in [0.1, 0.15) is 5.76 Å². The highest BCUT2D eigenvalue weighted by molar-refractivity contribution is 5.76. The molecule has 2 heterocycles. The van der Waals surface area contributed by atoms with E-state index in [2.05, 4.69) is 0 Å². The van der Waals surface area contributed by atoms with Crippen LogP contribution in [0.3, 0.4) is 0 Å². The number of likely N-dealkylation sites (tertiary alicyclic amines) is 1. The predicted molar refractivity (Wildman–Crippen MR) is 72.1 cm³/mol. The number of aliphatic carboxylic acids is 1. The number of carboxylic acids is 1. The second-order valence-corrected chi connectivity index (χ2v) is 5.00. The van der Waals surface area contributed by atoms with E-state index in [-0.39, 0.29) is 6.03 Å². The van der Waals surface area contributed by atoms with Crippen molar-refractivity contribution >= 4 is 12.0 Å². The Labute approximate surface area is 118 Å². The minimum absolute atomic E-state index is 0.116. The van der Waals surface area contributed by atoms with Gasteiger partial charge < -0.3 is 19.3 Å². The summed E-state index contributed by atoms with van der Waals surface area (Å²) in [5.74, 6) is -0.543. The number of carbonyl (C=O) groups is 2. The lowest BCUT2D eigenvalue weighted by Gasteiger charge is -2.34. The lowest BCUT2D eigenvalue weighted by Crippen LogP contribution is -2.48. The Balaban J connectivity index is 1.98. The van der Waals surface area contributed by atoms with E-state index in [0.717, 1.165) is 12.2 Å². The summed E-state index contributed by atoms with van der Waals surface area (Å²) in [5, 5.41) is 9.07. The molecule has 1 fully saturated rings. The zero-order chi connectivity index (χ0) is 14.5. The molecule has 0 aromatic carbocycles. The number of urea groups is 1. The number of carboxylic acid groups (broad SMARTS) is 1. The summed E-state index contributed by atoms with van der Waals surface area (Å²) in [5.41, 5.74) is 0. The molecule has 6 heteroatoms. The van der Waals surface area contributed by atoms with Gasteiger partial charge in [-0.15, -0.1) is 0 Å². The molecule has 1 aromatic rings. The highest BCUT2D eigenvalue weighted by Crippen LogP contribution is 2.18. The molecule has 20 heavy (non-hydrogen) atoms. The molecule has 0 unspecified atom stereocenters. The number of piperidine rings is 1. The number of carbonyl (C=O) groups excluding carboxylic acids is 1. The van der Waals surface area contributed by atoms with E-state index in [0.29, 0.717) is 32.6 Å². The second kappa shape index (κ2) is 6.45. The zero-order valence-electron chi connectivity index (χ0n) is 11.6. The standard InChI is InChI=1S/C14H20N2O4/c1-2-15(10-12-6-4-8-20-12)14(19)16-7-3-5-11(9-16)13(17)18/h4,6,8,11H,2-3,5,7,9-10H2,1H3,(H,17,18)/t11-/m0/s1. The first-order valence-corrected chi connectivity index (χ1v) is 6.90. The Bertz CT molecular complexity index is 458. The minimum atomic E-state index is -0.823. The van der Waals surface area contributed by atoms with Crippen LogP contribution in [0.1, 0.15) is 25.5 Å². The molecule has 0 bridgehead atoms. The zero-order valence-corrected chi connectivity index (χ0v) is 11.6. The molecule has 0 spiro atoms. The maximum Gasteiger partial charge on any atom is 0.320 e. The van der Waals surface area contributed by atoms with Gasteiger partial charge >= 0.3 is 12.0 Å². The van der Waals surface area contributed by atoms with Crippen molar-refractivity contribution in [2.75, 3.05) is 19.6 Å². The van der Waals surface area contributed by atoms with Crippen molar-refractivity contribution in [1.29, 1.82) is 0 Å². The molecule has 1 aromatic heterocycles. The van der Waals surface area contributed by atoms with Crippen molar-refractivity contribution in [3.63, 3.8) is 0 Å². The first-order chi connectivity index (χ1) is 9.61. The number of nitrogens with zero attached hydrogens (tertiary/aromatic N) is 2. The minimum Gasteiger partial charge on any atom is -0.481 e. The summed E-state index contributed by atoms with van der Waals surface area (Å²) in [7, 11) is 0. The molecule has 2 rings (SSSR count). The number of furan rings is 1. The smallest absolute Gasteiger partial charge is 0.320 e. The molecule has 0 radical (unpaired) electrons. The number of hydrogen-bond donors (Lipinski definition) is 1. The Hall–Kier alpha value is -1.98. The van der Waals surface area contributed by atoms with Crippen LogP contribution < -0.4 is 0 Å². The molecule has 2 amide bonds. The van der Waals surface area contributed by atoms with Crippen LogP contribution in [0.25, 0.3) is 0 Å². The summed E-state index contributed by atoms with van der Waals surface area (Å²) < 4.78 is 5.26. The van der Waals surface area contributed by atoms with E-state index in [9.17, 15) is 9.59 Å². The monoisotopic (exact) mass is 280 g/mol. The van der Waals surface area contributed by atoms with E-state index in [4.69, 9.17) is 9.52 Å². The van der Waals surface area contributed by atoms with Gasteiger partial charge in [0, 0.05) is 19.6 Å². The van der Waals surface area contributed by atoms with Crippen LogP contribution in [0, 0.1) is 5.92 Å². The quantitative estimate of drug-likeness (QED) is 0.915. The van der Waals surface area contributed by atoms with Gasteiger partial charge in [0.2, 0.25) is 0 Å². The maximum atomic E-state index is 12.4. The largest absolute Gasteiger partial charge is 0.481 e. The summed E-state index contributed by atoms with van der Waals surface area (Å²) in [4.78, 5) is 26.8. The van der Waals surface area contributed by atoms with Crippen LogP contribution in [0.5, 0.6) is 0 Å². The molecule has 0 saturated carbocycles. The molecule has 110 valence electrons. The molecule has 6 nitrogen and oxygen atoms in total. The fraction of sp³-hybridized carbons (Fsp3) is 0.571. The number of amides is 2. The topological polar surface area (TPSA) is 74.0 Å². The fourth-order valence-electron chi connectivity index (χ4n) is 2.46. The SMILES string of the molecule is CCN(Cc1ccco1)C(=O)N1CCC[C@H](C(=O)O)C1. The van der Waals surface area contributed by atoms with Gasteiger partial charge in [-0.05, 0) is 31.9 Å². The predicted octanol–water partition coefficient (Wildman–Crippen LogP) is 2.02. The summed E-state index contributed by atoms with van der Waals surface area (Å²) in [6, 6.07) is 3.50. The van der Waals surface area contributed by atoms with Crippen molar-refractivity contribution in [2.45, 2.75) is 26.3 Å². The third-order valence-corrected chi connectivity index (χ3v) is 3.62. The van der Waals surface area contributed by atoms with Gasteiger partial charge in [0.15, 0.2) is 0 Å². The molecular weight excluding hydrogens is 260 g/mol. The average molecular weight is 280 g/mol. The van der Waals surface area contributed by atoms with Gasteiger partial charge in [0.05, 0.1) is 18.7 Å². The van der Waals surface area contributed by atoms with Crippen LogP contribution >= 0.6 is 0 Å². The molecule has 1 N–H and O–H groups in total. The number of rotatable bonds is 4. The lowest BCUT2D eigenvalue weighted by atomic mass is 9.99. The first kappa shape index (κ1) is 14.4. The highest BCUT2D eigenvalue weighted by atomic mass is 16.4. The summed E-state index contributed by atoms with van der Waals surface area (Å²) in [6.07, 6.45) is 2.96. The van der Waals surface area contributed by atoms with Crippen LogP contribution in [0.4, 0.5) is 4.79 Å². The van der Waals surface area contributed by atoms with Crippen LogP contribution in [-0.4, -0.2) is 46.5 Å². The van der Waals surface area contributed by atoms with E-state index < -0.39 is 11.9 Å². The molecule has 1 atom stereocenters. The first-order valence-electron chi connectivity index (χ1n) is 6.90. The van der Waals surface area contributed by atoms with Gasteiger partial charge in [-0.2, -0.15) is 0 Å². The second-order valence-electron chi connectivity index (χ2n) is 5.00. The molecular formula is C14H20N2O4. The van der Waals surface area contributed by atoms with Gasteiger partial charge in [-0.1, -0.05) is 0 Å². The van der Waals surface area contributed by atoms with Gasteiger partial charge in [0.25, 0.3) is 0 Å². The van der Waals surface area contributed by atoms with E-state index in [1.807, 2.05) is 13.0 Å². The van der Waals surface area contributed by atoms with Gasteiger partial charge in [-0.3, -0.25) is 4.79 Å². The summed E-state index contributed by atoms with van der Waals surface area (Å²) in [6.45, 7) is 3.80.